The number of piperazine rings is 1. The highest BCUT2D eigenvalue weighted by molar-refractivity contribution is 7.89. The first kappa shape index (κ1) is 18.4. The van der Waals surface area contributed by atoms with Crippen LogP contribution in [0.3, 0.4) is 0 Å². The van der Waals surface area contributed by atoms with Crippen molar-refractivity contribution in [3.05, 3.63) is 30.3 Å². The number of carbonyl (C=O) groups excluding carboxylic acids is 1. The fraction of sp³-hybridized carbons (Fsp3) is 0.611. The number of benzene rings is 1. The molecule has 0 unspecified atom stereocenters. The summed E-state index contributed by atoms with van der Waals surface area (Å²) in [5.41, 5.74) is 0. The Labute approximate surface area is 150 Å². The van der Waals surface area contributed by atoms with Crippen molar-refractivity contribution < 1.29 is 13.2 Å². The van der Waals surface area contributed by atoms with Crippen LogP contribution in [-0.2, 0) is 14.8 Å². The van der Waals surface area contributed by atoms with Crippen LogP contribution in [0.5, 0.6) is 0 Å². The zero-order valence-electron chi connectivity index (χ0n) is 14.6. The second-order valence-electron chi connectivity index (χ2n) is 6.83. The van der Waals surface area contributed by atoms with E-state index >= 15 is 0 Å². The van der Waals surface area contributed by atoms with Crippen LogP contribution in [0.1, 0.15) is 25.7 Å². The van der Waals surface area contributed by atoms with E-state index in [4.69, 9.17) is 0 Å². The second-order valence-corrected chi connectivity index (χ2v) is 8.77. The normalized spacial score (nSPS) is 20.6. The summed E-state index contributed by atoms with van der Waals surface area (Å²) in [7, 11) is -3.45. The predicted octanol–water partition coefficient (Wildman–Crippen LogP) is 1.30. The predicted molar refractivity (Wildman–Crippen MR) is 96.6 cm³/mol. The van der Waals surface area contributed by atoms with Crippen molar-refractivity contribution in [2.45, 2.75) is 30.6 Å². The van der Waals surface area contributed by atoms with E-state index in [9.17, 15) is 13.2 Å². The number of piperidine rings is 1. The van der Waals surface area contributed by atoms with Crippen LogP contribution in [0.2, 0.25) is 0 Å². The summed E-state index contributed by atoms with van der Waals surface area (Å²) in [6.07, 6.45) is 3.83. The van der Waals surface area contributed by atoms with E-state index < -0.39 is 10.0 Å². The summed E-state index contributed by atoms with van der Waals surface area (Å²) in [5.74, 6) is 0.806. The van der Waals surface area contributed by atoms with Gasteiger partial charge < -0.3 is 10.2 Å². The molecule has 1 amide bonds. The monoisotopic (exact) mass is 365 g/mol. The number of carbonyl (C=O) groups is 1. The molecular formula is C18H27N3O3S. The van der Waals surface area contributed by atoms with Crippen LogP contribution in [-0.4, -0.2) is 62.8 Å². The second kappa shape index (κ2) is 8.29. The van der Waals surface area contributed by atoms with Crippen LogP contribution in [0, 0.1) is 5.92 Å². The van der Waals surface area contributed by atoms with Gasteiger partial charge in [-0.1, -0.05) is 18.2 Å². The smallest absolute Gasteiger partial charge is 0.243 e. The summed E-state index contributed by atoms with van der Waals surface area (Å²) in [5, 5.41) is 3.34. The molecule has 0 bridgehead atoms. The van der Waals surface area contributed by atoms with Gasteiger partial charge in [-0.2, -0.15) is 4.31 Å². The van der Waals surface area contributed by atoms with Gasteiger partial charge in [0.25, 0.3) is 0 Å². The van der Waals surface area contributed by atoms with Gasteiger partial charge in [0.2, 0.25) is 15.9 Å². The first-order valence-corrected chi connectivity index (χ1v) is 10.5. The molecule has 0 atom stereocenters. The van der Waals surface area contributed by atoms with Crippen molar-refractivity contribution in [2.75, 3.05) is 39.3 Å². The average molecular weight is 365 g/mol. The van der Waals surface area contributed by atoms with Gasteiger partial charge in [-0.3, -0.25) is 4.79 Å². The molecule has 0 aromatic heterocycles. The molecule has 0 radical (unpaired) electrons. The largest absolute Gasteiger partial charge is 0.340 e. The molecule has 0 aliphatic carbocycles. The summed E-state index contributed by atoms with van der Waals surface area (Å²) in [6.45, 7) is 3.81. The van der Waals surface area contributed by atoms with Gasteiger partial charge in [0.1, 0.15) is 0 Å². The van der Waals surface area contributed by atoms with Gasteiger partial charge in [0.15, 0.2) is 0 Å². The molecule has 1 aromatic rings. The number of sulfonamides is 1. The van der Waals surface area contributed by atoms with E-state index in [-0.39, 0.29) is 5.91 Å². The molecule has 0 spiro atoms. The van der Waals surface area contributed by atoms with E-state index in [2.05, 4.69) is 5.32 Å². The van der Waals surface area contributed by atoms with Crippen LogP contribution in [0.15, 0.2) is 35.2 Å². The zero-order chi connectivity index (χ0) is 17.7. The lowest BCUT2D eigenvalue weighted by Crippen LogP contribution is -2.50. The first-order chi connectivity index (χ1) is 12.1. The summed E-state index contributed by atoms with van der Waals surface area (Å²) < 4.78 is 26.7. The molecule has 2 heterocycles. The molecule has 25 heavy (non-hydrogen) atoms. The van der Waals surface area contributed by atoms with E-state index in [0.29, 0.717) is 43.4 Å². The standard InChI is InChI=1S/C18H27N3O3S/c22-18(7-6-16-8-10-19-11-9-16)20-12-14-21(15-13-20)25(23,24)17-4-2-1-3-5-17/h1-5,16,19H,6-15H2. The third-order valence-corrected chi connectivity index (χ3v) is 7.11. The Morgan fingerprint density at radius 3 is 2.32 bits per heavy atom. The van der Waals surface area contributed by atoms with Crippen molar-refractivity contribution in [3.8, 4) is 0 Å². The van der Waals surface area contributed by atoms with Crippen LogP contribution < -0.4 is 5.32 Å². The zero-order valence-corrected chi connectivity index (χ0v) is 15.4. The van der Waals surface area contributed by atoms with Crippen LogP contribution >= 0.6 is 0 Å². The number of rotatable bonds is 5. The maximum absolute atomic E-state index is 12.6. The van der Waals surface area contributed by atoms with Gasteiger partial charge >= 0.3 is 0 Å². The van der Waals surface area contributed by atoms with Gasteiger partial charge in [-0.05, 0) is 50.4 Å². The molecule has 2 fully saturated rings. The van der Waals surface area contributed by atoms with Crippen molar-refractivity contribution >= 4 is 15.9 Å². The van der Waals surface area contributed by atoms with Gasteiger partial charge in [-0.15, -0.1) is 0 Å². The minimum Gasteiger partial charge on any atom is -0.340 e. The van der Waals surface area contributed by atoms with Crippen molar-refractivity contribution in [1.29, 1.82) is 0 Å². The Hall–Kier alpha value is -1.44. The highest BCUT2D eigenvalue weighted by Gasteiger charge is 2.30. The Bertz CT molecular complexity index is 664. The Balaban J connectivity index is 1.49. The summed E-state index contributed by atoms with van der Waals surface area (Å²) in [6, 6.07) is 8.50. The number of hydrogen-bond donors (Lipinski definition) is 1. The molecule has 1 aromatic carbocycles. The lowest BCUT2D eigenvalue weighted by Gasteiger charge is -2.34. The highest BCUT2D eigenvalue weighted by Crippen LogP contribution is 2.20. The molecule has 1 N–H and O–H groups in total. The molecule has 6 nitrogen and oxygen atoms in total. The van der Waals surface area contributed by atoms with E-state index in [1.54, 1.807) is 30.3 Å². The quantitative estimate of drug-likeness (QED) is 0.854. The molecule has 3 rings (SSSR count). The lowest BCUT2D eigenvalue weighted by molar-refractivity contribution is -0.132. The lowest BCUT2D eigenvalue weighted by atomic mass is 9.93. The van der Waals surface area contributed by atoms with Gasteiger partial charge in [-0.25, -0.2) is 8.42 Å². The molecule has 2 aliphatic rings. The van der Waals surface area contributed by atoms with Crippen molar-refractivity contribution in [2.24, 2.45) is 5.92 Å². The third kappa shape index (κ3) is 4.59. The van der Waals surface area contributed by atoms with E-state index in [1.807, 2.05) is 4.90 Å². The maximum Gasteiger partial charge on any atom is 0.243 e. The van der Waals surface area contributed by atoms with E-state index in [1.165, 1.54) is 4.31 Å². The van der Waals surface area contributed by atoms with Gasteiger partial charge in [0, 0.05) is 32.6 Å². The summed E-state index contributed by atoms with van der Waals surface area (Å²) >= 11 is 0. The molecule has 0 saturated carbocycles. The minimum atomic E-state index is -3.45. The average Bonchev–Trinajstić information content (AvgIpc) is 2.68. The Kier molecular flexibility index (Phi) is 6.09. The molecule has 7 heteroatoms. The van der Waals surface area contributed by atoms with Gasteiger partial charge in [0.05, 0.1) is 4.90 Å². The van der Waals surface area contributed by atoms with E-state index in [0.717, 1.165) is 32.4 Å². The SMILES string of the molecule is O=C(CCC1CCNCC1)N1CCN(S(=O)(=O)c2ccccc2)CC1. The molecule has 2 aliphatic heterocycles. The van der Waals surface area contributed by atoms with Crippen LogP contribution in [0.25, 0.3) is 0 Å². The number of hydrogen-bond acceptors (Lipinski definition) is 4. The first-order valence-electron chi connectivity index (χ1n) is 9.11. The number of nitrogens with one attached hydrogen (secondary N) is 1. The maximum atomic E-state index is 12.6. The number of amides is 1. The van der Waals surface area contributed by atoms with Crippen molar-refractivity contribution in [3.63, 3.8) is 0 Å². The summed E-state index contributed by atoms with van der Waals surface area (Å²) in [4.78, 5) is 14.5. The Morgan fingerprint density at radius 2 is 1.68 bits per heavy atom. The fourth-order valence-electron chi connectivity index (χ4n) is 3.58. The van der Waals surface area contributed by atoms with Crippen LogP contribution in [0.4, 0.5) is 0 Å². The molecule has 2 saturated heterocycles. The number of nitrogens with zero attached hydrogens (tertiary/aromatic N) is 2. The Morgan fingerprint density at radius 1 is 1.04 bits per heavy atom. The third-order valence-electron chi connectivity index (χ3n) is 5.20. The van der Waals surface area contributed by atoms with Crippen molar-refractivity contribution in [1.82, 2.24) is 14.5 Å². The molecule has 138 valence electrons. The highest BCUT2D eigenvalue weighted by atomic mass is 32.2. The molecular weight excluding hydrogens is 338 g/mol. The topological polar surface area (TPSA) is 69.7 Å². The fourth-order valence-corrected chi connectivity index (χ4v) is 5.02. The minimum absolute atomic E-state index is 0.162.